The lowest BCUT2D eigenvalue weighted by molar-refractivity contribution is -0.115. The summed E-state index contributed by atoms with van der Waals surface area (Å²) in [5, 5.41) is 6.91. The first kappa shape index (κ1) is 12.9. The Balaban J connectivity index is 1.69. The molecule has 1 heterocycles. The Morgan fingerprint density at radius 2 is 2.20 bits per heavy atom. The Kier molecular flexibility index (Phi) is 3.54. The number of aromatic nitrogens is 1. The highest BCUT2D eigenvalue weighted by Crippen LogP contribution is 2.30. The van der Waals surface area contributed by atoms with Crippen LogP contribution in [0, 0.1) is 5.92 Å². The van der Waals surface area contributed by atoms with E-state index in [2.05, 4.69) is 17.4 Å². The van der Waals surface area contributed by atoms with E-state index in [0.29, 0.717) is 18.2 Å². The van der Waals surface area contributed by atoms with E-state index >= 15 is 0 Å². The maximum atomic E-state index is 12.0. The van der Waals surface area contributed by atoms with Gasteiger partial charge in [-0.05, 0) is 30.7 Å². The van der Waals surface area contributed by atoms with Gasteiger partial charge in [-0.1, -0.05) is 42.4 Å². The average Bonchev–Trinajstić information content (AvgIpc) is 2.82. The van der Waals surface area contributed by atoms with Crippen LogP contribution in [0.3, 0.4) is 0 Å². The van der Waals surface area contributed by atoms with Crippen LogP contribution in [0.4, 0.5) is 5.88 Å². The third-order valence-electron chi connectivity index (χ3n) is 3.76. The molecule has 4 heteroatoms. The van der Waals surface area contributed by atoms with Crippen molar-refractivity contribution in [1.29, 1.82) is 0 Å². The van der Waals surface area contributed by atoms with Crippen LogP contribution in [-0.2, 0) is 24.1 Å². The Morgan fingerprint density at radius 3 is 3.00 bits per heavy atom. The minimum absolute atomic E-state index is 0.0617. The molecule has 3 rings (SSSR count). The fraction of sp³-hybridized carbons (Fsp3) is 0.375. The van der Waals surface area contributed by atoms with E-state index in [-0.39, 0.29) is 5.91 Å². The zero-order chi connectivity index (χ0) is 13.9. The van der Waals surface area contributed by atoms with Gasteiger partial charge in [-0.2, -0.15) is 0 Å². The Morgan fingerprint density at radius 1 is 1.40 bits per heavy atom. The summed E-state index contributed by atoms with van der Waals surface area (Å²) in [6, 6.07) is 9.69. The van der Waals surface area contributed by atoms with Crippen molar-refractivity contribution in [3.63, 3.8) is 0 Å². The molecule has 1 N–H and O–H groups in total. The van der Waals surface area contributed by atoms with Crippen molar-refractivity contribution in [1.82, 2.24) is 5.16 Å². The van der Waals surface area contributed by atoms with E-state index in [1.807, 2.05) is 30.3 Å². The second kappa shape index (κ2) is 5.49. The van der Waals surface area contributed by atoms with Gasteiger partial charge in [0.1, 0.15) is 0 Å². The van der Waals surface area contributed by atoms with Gasteiger partial charge in [0.2, 0.25) is 11.8 Å². The van der Waals surface area contributed by atoms with Gasteiger partial charge in [0.15, 0.2) is 0 Å². The minimum Gasteiger partial charge on any atom is -0.338 e. The van der Waals surface area contributed by atoms with Gasteiger partial charge in [-0.15, -0.1) is 0 Å². The molecule has 0 saturated heterocycles. The standard InChI is InChI=1S/C16H18N2O2/c1-11-7-8-14-13(9-11)16(20-18-14)17-15(19)10-12-5-3-2-4-6-12/h2-6,11H,7-10H2,1H3,(H,17,19). The van der Waals surface area contributed by atoms with Gasteiger partial charge < -0.3 is 4.52 Å². The Labute approximate surface area is 118 Å². The number of hydrogen-bond acceptors (Lipinski definition) is 3. The number of carbonyl (C=O) groups excluding carboxylic acids is 1. The first-order valence-electron chi connectivity index (χ1n) is 7.03. The maximum absolute atomic E-state index is 12.0. The van der Waals surface area contributed by atoms with Crippen molar-refractivity contribution in [3.8, 4) is 0 Å². The van der Waals surface area contributed by atoms with Crippen LogP contribution in [0.5, 0.6) is 0 Å². The lowest BCUT2D eigenvalue weighted by Gasteiger charge is -2.16. The van der Waals surface area contributed by atoms with Crippen LogP contribution in [0.15, 0.2) is 34.9 Å². The van der Waals surface area contributed by atoms with Crippen molar-refractivity contribution < 1.29 is 9.32 Å². The predicted octanol–water partition coefficient (Wildman–Crippen LogP) is 2.98. The van der Waals surface area contributed by atoms with Gasteiger partial charge in [-0.25, -0.2) is 0 Å². The zero-order valence-electron chi connectivity index (χ0n) is 11.6. The summed E-state index contributed by atoms with van der Waals surface area (Å²) in [7, 11) is 0. The number of amides is 1. The molecule has 1 aromatic heterocycles. The van der Waals surface area contributed by atoms with Gasteiger partial charge in [-0.3, -0.25) is 10.1 Å². The summed E-state index contributed by atoms with van der Waals surface area (Å²) < 4.78 is 5.29. The molecule has 1 atom stereocenters. The molecule has 0 radical (unpaired) electrons. The van der Waals surface area contributed by atoms with Crippen molar-refractivity contribution in [3.05, 3.63) is 47.2 Å². The molecule has 1 aromatic carbocycles. The van der Waals surface area contributed by atoms with Crippen LogP contribution < -0.4 is 5.32 Å². The summed E-state index contributed by atoms with van der Waals surface area (Å²) >= 11 is 0. The molecular formula is C16H18N2O2. The molecule has 0 saturated carbocycles. The van der Waals surface area contributed by atoms with E-state index in [4.69, 9.17) is 4.52 Å². The average molecular weight is 270 g/mol. The molecule has 2 aromatic rings. The van der Waals surface area contributed by atoms with Crippen LogP contribution in [0.2, 0.25) is 0 Å². The Hall–Kier alpha value is -2.10. The van der Waals surface area contributed by atoms with E-state index in [0.717, 1.165) is 36.1 Å². The lowest BCUT2D eigenvalue weighted by atomic mass is 9.89. The summed E-state index contributed by atoms with van der Waals surface area (Å²) in [5.41, 5.74) is 3.06. The number of fused-ring (bicyclic) bond motifs is 1. The van der Waals surface area contributed by atoms with Gasteiger partial charge in [0.05, 0.1) is 12.1 Å². The Bertz CT molecular complexity index is 604. The largest absolute Gasteiger partial charge is 0.338 e. The van der Waals surface area contributed by atoms with Crippen molar-refractivity contribution in [2.24, 2.45) is 5.92 Å². The van der Waals surface area contributed by atoms with Gasteiger partial charge in [0.25, 0.3) is 0 Å². The van der Waals surface area contributed by atoms with E-state index in [1.54, 1.807) is 0 Å². The fourth-order valence-corrected chi connectivity index (χ4v) is 2.63. The van der Waals surface area contributed by atoms with Crippen molar-refractivity contribution >= 4 is 11.8 Å². The third kappa shape index (κ3) is 2.74. The molecule has 1 aliphatic rings. The molecule has 1 aliphatic carbocycles. The number of aryl methyl sites for hydroxylation is 1. The molecule has 0 spiro atoms. The van der Waals surface area contributed by atoms with E-state index in [9.17, 15) is 4.79 Å². The molecule has 4 nitrogen and oxygen atoms in total. The topological polar surface area (TPSA) is 55.1 Å². The van der Waals surface area contributed by atoms with Crippen LogP contribution in [-0.4, -0.2) is 11.1 Å². The molecule has 1 unspecified atom stereocenters. The first-order chi connectivity index (χ1) is 9.72. The predicted molar refractivity (Wildman–Crippen MR) is 76.5 cm³/mol. The summed E-state index contributed by atoms with van der Waals surface area (Å²) in [4.78, 5) is 12.0. The fourth-order valence-electron chi connectivity index (χ4n) is 2.63. The molecule has 1 amide bonds. The van der Waals surface area contributed by atoms with Gasteiger partial charge in [0, 0.05) is 5.56 Å². The molecule has 104 valence electrons. The smallest absolute Gasteiger partial charge is 0.234 e. The molecule has 0 bridgehead atoms. The quantitative estimate of drug-likeness (QED) is 0.932. The highest BCUT2D eigenvalue weighted by molar-refractivity contribution is 5.91. The highest BCUT2D eigenvalue weighted by atomic mass is 16.5. The van der Waals surface area contributed by atoms with Crippen LogP contribution in [0.25, 0.3) is 0 Å². The van der Waals surface area contributed by atoms with E-state index in [1.165, 1.54) is 0 Å². The number of carbonyl (C=O) groups is 1. The SMILES string of the molecule is CC1CCc2noc(NC(=O)Cc3ccccc3)c2C1. The number of rotatable bonds is 3. The van der Waals surface area contributed by atoms with Crippen LogP contribution >= 0.6 is 0 Å². The summed E-state index contributed by atoms with van der Waals surface area (Å²) in [6.45, 7) is 2.21. The molecule has 0 aliphatic heterocycles. The van der Waals surface area contributed by atoms with Crippen LogP contribution in [0.1, 0.15) is 30.2 Å². The summed E-state index contributed by atoms with van der Waals surface area (Å²) in [6.07, 6.45) is 3.36. The monoisotopic (exact) mass is 270 g/mol. The summed E-state index contributed by atoms with van der Waals surface area (Å²) in [5.74, 6) is 1.09. The number of hydrogen-bond donors (Lipinski definition) is 1. The number of nitrogens with zero attached hydrogens (tertiary/aromatic N) is 1. The van der Waals surface area contributed by atoms with Crippen molar-refractivity contribution in [2.45, 2.75) is 32.6 Å². The second-order valence-electron chi connectivity index (χ2n) is 5.50. The molecular weight excluding hydrogens is 252 g/mol. The third-order valence-corrected chi connectivity index (χ3v) is 3.76. The zero-order valence-corrected chi connectivity index (χ0v) is 11.6. The molecule has 20 heavy (non-hydrogen) atoms. The maximum Gasteiger partial charge on any atom is 0.234 e. The molecule has 0 fully saturated rings. The van der Waals surface area contributed by atoms with Gasteiger partial charge >= 0.3 is 0 Å². The van der Waals surface area contributed by atoms with Crippen molar-refractivity contribution in [2.75, 3.05) is 5.32 Å². The number of benzene rings is 1. The number of nitrogens with one attached hydrogen (secondary N) is 1. The normalized spacial score (nSPS) is 17.6. The highest BCUT2D eigenvalue weighted by Gasteiger charge is 2.24. The minimum atomic E-state index is -0.0617. The second-order valence-corrected chi connectivity index (χ2v) is 5.50. The first-order valence-corrected chi connectivity index (χ1v) is 7.03. The number of anilines is 1. The lowest BCUT2D eigenvalue weighted by Crippen LogP contribution is -2.17. The van der Waals surface area contributed by atoms with E-state index < -0.39 is 0 Å².